The topological polar surface area (TPSA) is 140 Å². The quantitative estimate of drug-likeness (QED) is 0.365. The molecule has 0 fully saturated rings. The van der Waals surface area contributed by atoms with Crippen molar-refractivity contribution in [1.29, 1.82) is 0 Å². The van der Waals surface area contributed by atoms with E-state index in [1.807, 2.05) is 0 Å². The summed E-state index contributed by atoms with van der Waals surface area (Å²) < 4.78 is 0. The molecule has 2 heterocycles. The molecular weight excluding hydrogens is 334 g/mol. The van der Waals surface area contributed by atoms with Crippen molar-refractivity contribution in [3.8, 4) is 0 Å². The van der Waals surface area contributed by atoms with Crippen LogP contribution in [-0.2, 0) is 23.0 Å². The summed E-state index contributed by atoms with van der Waals surface area (Å²) in [6.45, 7) is 0.907. The fourth-order valence-electron chi connectivity index (χ4n) is 2.84. The average Bonchev–Trinajstić information content (AvgIpc) is 3.04. The molecule has 2 aromatic carbocycles. The van der Waals surface area contributed by atoms with Gasteiger partial charge in [0.2, 0.25) is 22.7 Å². The molecule has 0 saturated carbocycles. The standard InChI is InChI=1S/C14H15N5O6/c20-16-11-3-1-9(5-13(11)18(22)24-16)7-15-8-10-2-4-12-14(6-10)19(23)25-17(12)21/h1-6,15-19H,7-8H2. The highest BCUT2D eigenvalue weighted by molar-refractivity contribution is 5.54. The van der Waals surface area contributed by atoms with Crippen LogP contribution in [0.1, 0.15) is 11.1 Å². The Labute approximate surface area is 141 Å². The van der Waals surface area contributed by atoms with Crippen LogP contribution in [0.2, 0.25) is 0 Å². The first-order chi connectivity index (χ1) is 12.0. The van der Waals surface area contributed by atoms with E-state index < -0.39 is 20.9 Å². The number of quaternary nitrogens is 4. The second-order valence-corrected chi connectivity index (χ2v) is 5.72. The Hall–Kier alpha value is -2.00. The fourth-order valence-corrected chi connectivity index (χ4v) is 2.84. The SMILES string of the molecule is [O-][NH+]1O[NH+]([O-])c2cc(CNCc3ccc4c(c3)[NH+]([O-])O[NH+]4[O-])ccc21. The Morgan fingerprint density at radius 1 is 0.640 bits per heavy atom. The Balaban J connectivity index is 1.41. The molecule has 0 spiro atoms. The zero-order chi connectivity index (χ0) is 17.6. The Bertz CT molecular complexity index is 740. The van der Waals surface area contributed by atoms with Crippen LogP contribution in [0.15, 0.2) is 36.4 Å². The lowest BCUT2D eigenvalue weighted by Gasteiger charge is -2.10. The summed E-state index contributed by atoms with van der Waals surface area (Å²) in [6.07, 6.45) is 0. The maximum absolute atomic E-state index is 11.6. The zero-order valence-electron chi connectivity index (χ0n) is 12.8. The van der Waals surface area contributed by atoms with Crippen molar-refractivity contribution in [1.82, 2.24) is 5.32 Å². The van der Waals surface area contributed by atoms with Crippen molar-refractivity contribution < 1.29 is 30.8 Å². The van der Waals surface area contributed by atoms with Crippen LogP contribution in [0.5, 0.6) is 0 Å². The Morgan fingerprint density at radius 2 is 1.04 bits per heavy atom. The van der Waals surface area contributed by atoms with Crippen LogP contribution in [0.4, 0.5) is 22.7 Å². The van der Waals surface area contributed by atoms with Gasteiger partial charge in [-0.05, 0) is 11.1 Å². The predicted molar refractivity (Wildman–Crippen MR) is 81.6 cm³/mol. The summed E-state index contributed by atoms with van der Waals surface area (Å²) in [5.74, 6) is 0. The molecule has 2 aliphatic rings. The molecule has 0 bridgehead atoms. The minimum Gasteiger partial charge on any atom is -0.590 e. The van der Waals surface area contributed by atoms with Gasteiger partial charge in [0.1, 0.15) is 0 Å². The van der Waals surface area contributed by atoms with Crippen molar-refractivity contribution in [2.75, 3.05) is 0 Å². The van der Waals surface area contributed by atoms with E-state index in [4.69, 9.17) is 0 Å². The molecule has 2 aromatic rings. The Kier molecular flexibility index (Phi) is 4.20. The summed E-state index contributed by atoms with van der Waals surface area (Å²) in [4.78, 5) is 9.10. The fraction of sp³-hybridized carbons (Fsp3) is 0.143. The maximum Gasteiger partial charge on any atom is 0.234 e. The first-order valence-electron chi connectivity index (χ1n) is 7.52. The maximum atomic E-state index is 11.6. The van der Waals surface area contributed by atoms with E-state index in [1.54, 1.807) is 36.4 Å². The Morgan fingerprint density at radius 3 is 1.48 bits per heavy atom. The molecule has 0 radical (unpaired) electrons. The highest BCUT2D eigenvalue weighted by Gasteiger charge is 2.30. The van der Waals surface area contributed by atoms with Gasteiger partial charge in [0.15, 0.2) is 0 Å². The van der Waals surface area contributed by atoms with E-state index in [2.05, 4.69) is 15.2 Å². The van der Waals surface area contributed by atoms with Gasteiger partial charge in [-0.1, -0.05) is 12.1 Å². The number of benzene rings is 2. The molecule has 0 aliphatic carbocycles. The third-order valence-electron chi connectivity index (χ3n) is 4.08. The number of hydrogen-bond donors (Lipinski definition) is 5. The summed E-state index contributed by atoms with van der Waals surface area (Å²) in [5.41, 5.74) is 2.72. The van der Waals surface area contributed by atoms with Crippen molar-refractivity contribution in [2.45, 2.75) is 13.1 Å². The van der Waals surface area contributed by atoms with Gasteiger partial charge in [0.05, 0.1) is 0 Å². The third kappa shape index (κ3) is 3.02. The second kappa shape index (κ2) is 6.38. The summed E-state index contributed by atoms with van der Waals surface area (Å²) >= 11 is 0. The molecule has 4 atom stereocenters. The van der Waals surface area contributed by atoms with Gasteiger partial charge in [0.25, 0.3) is 0 Å². The van der Waals surface area contributed by atoms with E-state index in [1.165, 1.54) is 0 Å². The van der Waals surface area contributed by atoms with Crippen LogP contribution in [-0.4, -0.2) is 0 Å². The van der Waals surface area contributed by atoms with Crippen molar-refractivity contribution in [3.63, 3.8) is 0 Å². The van der Waals surface area contributed by atoms with E-state index in [0.29, 0.717) is 13.1 Å². The van der Waals surface area contributed by atoms with Crippen LogP contribution < -0.4 is 26.2 Å². The first-order valence-corrected chi connectivity index (χ1v) is 7.52. The van der Waals surface area contributed by atoms with Gasteiger partial charge in [-0.15, -0.1) is 20.9 Å². The van der Waals surface area contributed by atoms with E-state index in [-0.39, 0.29) is 22.7 Å². The van der Waals surface area contributed by atoms with Gasteiger partial charge < -0.3 is 26.1 Å². The molecule has 132 valence electrons. The number of rotatable bonds is 4. The predicted octanol–water partition coefficient (Wildman–Crippen LogP) is -3.25. The average molecular weight is 349 g/mol. The molecule has 25 heavy (non-hydrogen) atoms. The lowest BCUT2D eigenvalue weighted by molar-refractivity contribution is -1.24. The van der Waals surface area contributed by atoms with Gasteiger partial charge in [-0.3, -0.25) is 0 Å². The molecule has 2 aliphatic heterocycles. The van der Waals surface area contributed by atoms with Crippen LogP contribution in [0.3, 0.4) is 0 Å². The van der Waals surface area contributed by atoms with Crippen molar-refractivity contribution >= 4 is 22.7 Å². The molecule has 11 heteroatoms. The van der Waals surface area contributed by atoms with Crippen molar-refractivity contribution in [2.24, 2.45) is 0 Å². The lowest BCUT2D eigenvalue weighted by atomic mass is 10.1. The minimum atomic E-state index is -0.636. The smallest absolute Gasteiger partial charge is 0.234 e. The monoisotopic (exact) mass is 349 g/mol. The molecular formula is C14H15N5O6. The minimum absolute atomic E-state index is 0.267. The van der Waals surface area contributed by atoms with Gasteiger partial charge >= 0.3 is 0 Å². The van der Waals surface area contributed by atoms with Gasteiger partial charge in [0, 0.05) is 47.2 Å². The third-order valence-corrected chi connectivity index (χ3v) is 4.08. The van der Waals surface area contributed by atoms with E-state index >= 15 is 0 Å². The molecule has 0 amide bonds. The van der Waals surface area contributed by atoms with Crippen molar-refractivity contribution in [3.05, 3.63) is 68.4 Å². The number of fused-ring (bicyclic) bond motifs is 2. The van der Waals surface area contributed by atoms with E-state index in [0.717, 1.165) is 11.1 Å². The first kappa shape index (κ1) is 16.5. The summed E-state index contributed by atoms with van der Waals surface area (Å²) in [5, 5.41) is 46.6. The van der Waals surface area contributed by atoms with Crippen LogP contribution in [0, 0.1) is 20.8 Å². The van der Waals surface area contributed by atoms with Gasteiger partial charge in [-0.25, -0.2) is 0 Å². The lowest BCUT2D eigenvalue weighted by Crippen LogP contribution is -3.15. The highest BCUT2D eigenvalue weighted by Crippen LogP contribution is 2.20. The van der Waals surface area contributed by atoms with Crippen LogP contribution >= 0.6 is 0 Å². The molecule has 4 rings (SSSR count). The second-order valence-electron chi connectivity index (χ2n) is 5.72. The molecule has 0 aromatic heterocycles. The molecule has 11 nitrogen and oxygen atoms in total. The normalized spacial score (nSPS) is 27.4. The number of nitrogens with one attached hydrogen (secondary N) is 5. The van der Waals surface area contributed by atoms with E-state index in [9.17, 15) is 20.8 Å². The summed E-state index contributed by atoms with van der Waals surface area (Å²) in [7, 11) is 0. The largest absolute Gasteiger partial charge is 0.590 e. The van der Waals surface area contributed by atoms with Crippen LogP contribution in [0.25, 0.3) is 0 Å². The highest BCUT2D eigenvalue weighted by atomic mass is 17.1. The molecule has 5 N–H and O–H groups in total. The van der Waals surface area contributed by atoms with Gasteiger partial charge in [-0.2, -0.15) is 0 Å². The zero-order valence-corrected chi connectivity index (χ0v) is 12.8. The molecule has 0 saturated heterocycles. The summed E-state index contributed by atoms with van der Waals surface area (Å²) in [6, 6.07) is 9.85. The molecule has 4 unspecified atom stereocenters. The number of hydrogen-bond acceptors (Lipinski definition) is 7.